The highest BCUT2D eigenvalue weighted by atomic mass is 16.7. The third-order valence-electron chi connectivity index (χ3n) is 3.14. The van der Waals surface area contributed by atoms with Crippen LogP contribution in [-0.2, 0) is 14.4 Å². The van der Waals surface area contributed by atoms with Crippen molar-refractivity contribution in [2.75, 3.05) is 6.61 Å². The van der Waals surface area contributed by atoms with Crippen molar-refractivity contribution in [1.82, 2.24) is 0 Å². The number of oxime groups is 1. The number of hydrogen-bond acceptors (Lipinski definition) is 4. The van der Waals surface area contributed by atoms with Crippen molar-refractivity contribution < 1.29 is 14.4 Å². The SMILES string of the molecule is CCCCOC(=O)C1(CC)CC(C(C)C)=NO1. The van der Waals surface area contributed by atoms with Crippen molar-refractivity contribution in [3.63, 3.8) is 0 Å². The number of hydrogen-bond donors (Lipinski definition) is 0. The summed E-state index contributed by atoms with van der Waals surface area (Å²) < 4.78 is 5.25. The highest BCUT2D eigenvalue weighted by Gasteiger charge is 2.46. The maximum absolute atomic E-state index is 12.0. The van der Waals surface area contributed by atoms with Gasteiger partial charge in [-0.1, -0.05) is 39.3 Å². The van der Waals surface area contributed by atoms with Crippen LogP contribution in [0.2, 0.25) is 0 Å². The Bertz CT molecular complexity index is 299. The number of esters is 1. The van der Waals surface area contributed by atoms with E-state index in [-0.39, 0.29) is 5.97 Å². The molecule has 1 aliphatic heterocycles. The van der Waals surface area contributed by atoms with Crippen LogP contribution in [0.3, 0.4) is 0 Å². The number of nitrogens with zero attached hydrogens (tertiary/aromatic N) is 1. The normalized spacial score (nSPS) is 23.5. The Kier molecular flexibility index (Phi) is 4.97. The molecule has 0 aromatic carbocycles. The highest BCUT2D eigenvalue weighted by molar-refractivity contribution is 5.94. The first-order valence-corrected chi connectivity index (χ1v) is 6.48. The Labute approximate surface area is 103 Å². The summed E-state index contributed by atoms with van der Waals surface area (Å²) in [5.74, 6) is 0.0414. The molecule has 4 heteroatoms. The summed E-state index contributed by atoms with van der Waals surface area (Å²) in [4.78, 5) is 17.4. The zero-order chi connectivity index (χ0) is 12.9. The third-order valence-corrected chi connectivity index (χ3v) is 3.14. The van der Waals surface area contributed by atoms with Crippen molar-refractivity contribution in [2.45, 2.75) is 59.0 Å². The quantitative estimate of drug-likeness (QED) is 0.530. The largest absolute Gasteiger partial charge is 0.463 e. The zero-order valence-electron chi connectivity index (χ0n) is 11.3. The molecular formula is C13H23NO3. The van der Waals surface area contributed by atoms with Gasteiger partial charge >= 0.3 is 5.97 Å². The summed E-state index contributed by atoms with van der Waals surface area (Å²) in [7, 11) is 0. The van der Waals surface area contributed by atoms with Crippen LogP contribution in [0, 0.1) is 5.92 Å². The first-order valence-electron chi connectivity index (χ1n) is 6.48. The van der Waals surface area contributed by atoms with Crippen LogP contribution in [0.15, 0.2) is 5.16 Å². The minimum atomic E-state index is -0.868. The van der Waals surface area contributed by atoms with Crippen LogP contribution in [0.5, 0.6) is 0 Å². The number of unbranched alkanes of at least 4 members (excludes halogenated alkanes) is 1. The molecular weight excluding hydrogens is 218 g/mol. The predicted molar refractivity (Wildman–Crippen MR) is 66.9 cm³/mol. The van der Waals surface area contributed by atoms with Gasteiger partial charge in [-0.15, -0.1) is 0 Å². The summed E-state index contributed by atoms with van der Waals surface area (Å²) in [5.41, 5.74) is 0.0761. The summed E-state index contributed by atoms with van der Waals surface area (Å²) in [5, 5.41) is 4.02. The maximum Gasteiger partial charge on any atom is 0.353 e. The molecule has 4 nitrogen and oxygen atoms in total. The summed E-state index contributed by atoms with van der Waals surface area (Å²) >= 11 is 0. The Morgan fingerprint density at radius 2 is 2.24 bits per heavy atom. The van der Waals surface area contributed by atoms with Crippen LogP contribution < -0.4 is 0 Å². The van der Waals surface area contributed by atoms with Gasteiger partial charge in [0.15, 0.2) is 0 Å². The van der Waals surface area contributed by atoms with Crippen molar-refractivity contribution in [3.05, 3.63) is 0 Å². The topological polar surface area (TPSA) is 47.9 Å². The Balaban J connectivity index is 2.57. The number of ether oxygens (including phenoxy) is 1. The summed E-state index contributed by atoms with van der Waals surface area (Å²) in [6.07, 6.45) is 3.06. The van der Waals surface area contributed by atoms with Crippen LogP contribution in [0.4, 0.5) is 0 Å². The smallest absolute Gasteiger partial charge is 0.353 e. The van der Waals surface area contributed by atoms with Crippen LogP contribution in [0.1, 0.15) is 53.4 Å². The molecule has 0 fully saturated rings. The van der Waals surface area contributed by atoms with Gasteiger partial charge in [0, 0.05) is 6.42 Å². The van der Waals surface area contributed by atoms with Crippen LogP contribution >= 0.6 is 0 Å². The lowest BCUT2D eigenvalue weighted by molar-refractivity contribution is -0.170. The van der Waals surface area contributed by atoms with Gasteiger partial charge in [0.1, 0.15) is 0 Å². The average Bonchev–Trinajstić information content (AvgIpc) is 2.75. The van der Waals surface area contributed by atoms with E-state index >= 15 is 0 Å². The molecule has 0 aromatic heterocycles. The van der Waals surface area contributed by atoms with E-state index < -0.39 is 5.60 Å². The third kappa shape index (κ3) is 3.20. The molecule has 0 N–H and O–H groups in total. The van der Waals surface area contributed by atoms with E-state index in [1.807, 2.05) is 6.92 Å². The van der Waals surface area contributed by atoms with Gasteiger partial charge in [0.2, 0.25) is 5.60 Å². The Morgan fingerprint density at radius 3 is 2.71 bits per heavy atom. The molecule has 0 amide bonds. The molecule has 0 saturated carbocycles. The average molecular weight is 241 g/mol. The highest BCUT2D eigenvalue weighted by Crippen LogP contribution is 2.31. The van der Waals surface area contributed by atoms with Crippen molar-refractivity contribution in [1.29, 1.82) is 0 Å². The van der Waals surface area contributed by atoms with Gasteiger partial charge in [-0.3, -0.25) is 0 Å². The molecule has 0 aromatic rings. The molecule has 0 spiro atoms. The van der Waals surface area contributed by atoms with E-state index in [9.17, 15) is 4.79 Å². The van der Waals surface area contributed by atoms with E-state index in [1.54, 1.807) is 0 Å². The molecule has 1 unspecified atom stereocenters. The summed E-state index contributed by atoms with van der Waals surface area (Å²) in [6, 6.07) is 0. The van der Waals surface area contributed by atoms with Gasteiger partial charge in [0.25, 0.3) is 0 Å². The molecule has 0 bridgehead atoms. The summed E-state index contributed by atoms with van der Waals surface area (Å²) in [6.45, 7) is 8.57. The van der Waals surface area contributed by atoms with E-state index in [0.29, 0.717) is 25.4 Å². The molecule has 98 valence electrons. The molecule has 1 aliphatic rings. The van der Waals surface area contributed by atoms with Gasteiger partial charge < -0.3 is 9.57 Å². The van der Waals surface area contributed by atoms with E-state index in [2.05, 4.69) is 25.9 Å². The molecule has 1 heterocycles. The van der Waals surface area contributed by atoms with Gasteiger partial charge in [0.05, 0.1) is 12.3 Å². The lowest BCUT2D eigenvalue weighted by Gasteiger charge is -2.22. The van der Waals surface area contributed by atoms with Gasteiger partial charge in [-0.25, -0.2) is 4.79 Å². The minimum Gasteiger partial charge on any atom is -0.463 e. The minimum absolute atomic E-state index is 0.271. The number of carbonyl (C=O) groups excluding carboxylic acids is 1. The number of rotatable bonds is 6. The molecule has 1 rings (SSSR count). The van der Waals surface area contributed by atoms with Crippen molar-refractivity contribution in [3.8, 4) is 0 Å². The van der Waals surface area contributed by atoms with Gasteiger partial charge in [-0.2, -0.15) is 0 Å². The zero-order valence-corrected chi connectivity index (χ0v) is 11.3. The fraction of sp³-hybridized carbons (Fsp3) is 0.846. The first-order chi connectivity index (χ1) is 8.05. The molecule has 0 saturated heterocycles. The lowest BCUT2D eigenvalue weighted by Crippen LogP contribution is -2.40. The monoisotopic (exact) mass is 241 g/mol. The second-order valence-corrected chi connectivity index (χ2v) is 4.84. The molecule has 17 heavy (non-hydrogen) atoms. The molecule has 0 aliphatic carbocycles. The van der Waals surface area contributed by atoms with Gasteiger partial charge in [-0.05, 0) is 18.8 Å². The Morgan fingerprint density at radius 1 is 1.53 bits per heavy atom. The van der Waals surface area contributed by atoms with E-state index in [4.69, 9.17) is 9.57 Å². The van der Waals surface area contributed by atoms with Crippen molar-refractivity contribution >= 4 is 11.7 Å². The first kappa shape index (κ1) is 14.0. The standard InChI is InChI=1S/C13H23NO3/c1-5-7-8-16-12(15)13(6-2)9-11(10(3)4)14-17-13/h10H,5-9H2,1-4H3. The molecule has 0 radical (unpaired) electrons. The predicted octanol–water partition coefficient (Wildman–Crippen LogP) is 2.91. The maximum atomic E-state index is 12.0. The fourth-order valence-electron chi connectivity index (χ4n) is 1.70. The lowest BCUT2D eigenvalue weighted by atomic mass is 9.90. The molecule has 1 atom stereocenters. The number of carbonyl (C=O) groups is 1. The second kappa shape index (κ2) is 6.03. The fourth-order valence-corrected chi connectivity index (χ4v) is 1.70. The van der Waals surface area contributed by atoms with E-state index in [0.717, 1.165) is 18.6 Å². The Hall–Kier alpha value is -1.06. The van der Waals surface area contributed by atoms with Crippen LogP contribution in [-0.4, -0.2) is 23.9 Å². The van der Waals surface area contributed by atoms with Crippen LogP contribution in [0.25, 0.3) is 0 Å². The van der Waals surface area contributed by atoms with E-state index in [1.165, 1.54) is 0 Å². The van der Waals surface area contributed by atoms with Crippen molar-refractivity contribution in [2.24, 2.45) is 11.1 Å². The second-order valence-electron chi connectivity index (χ2n) is 4.84.